The van der Waals surface area contributed by atoms with Gasteiger partial charge in [-0.25, -0.2) is 5.01 Å². The number of hydrogen-bond donors (Lipinski definition) is 0. The van der Waals surface area contributed by atoms with E-state index in [1.165, 1.54) is 38.5 Å². The zero-order chi connectivity index (χ0) is 19.4. The maximum atomic E-state index is 13.3. The number of carbonyl (C=O) groups excluding carboxylic acids is 1. The molecule has 3 heterocycles. The van der Waals surface area contributed by atoms with Gasteiger partial charge >= 0.3 is 0 Å². The molecule has 0 radical (unpaired) electrons. The summed E-state index contributed by atoms with van der Waals surface area (Å²) in [6.45, 7) is 0. The van der Waals surface area contributed by atoms with Crippen LogP contribution in [0.15, 0.2) is 50.7 Å². The molecule has 0 spiro atoms. The Hall–Kier alpha value is -1.95. The Bertz CT molecular complexity index is 883. The Morgan fingerprint density at radius 1 is 1.07 bits per heavy atom. The van der Waals surface area contributed by atoms with Crippen LogP contribution in [-0.2, 0) is 4.79 Å². The molecule has 1 amide bonds. The van der Waals surface area contributed by atoms with Crippen molar-refractivity contribution < 1.29 is 13.6 Å². The first-order valence-corrected chi connectivity index (χ1v) is 11.8. The number of nitrogens with zero attached hydrogens (tertiary/aromatic N) is 2. The zero-order valence-electron chi connectivity index (χ0n) is 16.5. The Morgan fingerprint density at radius 3 is 2.38 bits per heavy atom. The molecular formula is C23H26N2O3S. The molecule has 1 aliphatic heterocycles. The van der Waals surface area contributed by atoms with E-state index in [2.05, 4.69) is 5.10 Å². The highest BCUT2D eigenvalue weighted by Gasteiger charge is 2.51. The first kappa shape index (κ1) is 17.9. The van der Waals surface area contributed by atoms with Crippen LogP contribution in [0, 0.1) is 17.8 Å². The van der Waals surface area contributed by atoms with E-state index >= 15 is 0 Å². The maximum absolute atomic E-state index is 13.3. The van der Waals surface area contributed by atoms with Gasteiger partial charge in [0.25, 0.3) is 5.91 Å². The second-order valence-corrected chi connectivity index (χ2v) is 10.8. The summed E-state index contributed by atoms with van der Waals surface area (Å²) in [5.74, 6) is 4.78. The second kappa shape index (κ2) is 6.79. The number of hydrazone groups is 1. The summed E-state index contributed by atoms with van der Waals surface area (Å²) >= 11 is 1.91. The number of thioether (sulfide) groups is 1. The molecule has 0 unspecified atom stereocenters. The quantitative estimate of drug-likeness (QED) is 0.675. The Labute approximate surface area is 174 Å². The fourth-order valence-electron chi connectivity index (χ4n) is 6.52. The predicted octanol–water partition coefficient (Wildman–Crippen LogP) is 5.25. The standard InChI is InChI=1S/C23H26N2O3S/c26-22(14-29-23-11-15-7-16(12-23)9-17(8-15)13-23)25-19(21-4-2-6-28-21)10-18(24-25)20-3-1-5-27-20/h1-6,15-17,19H,7-14H2/t15?,16?,17?,19-,23?/m0/s1. The van der Waals surface area contributed by atoms with Crippen LogP contribution >= 0.6 is 11.8 Å². The van der Waals surface area contributed by atoms with Crippen molar-refractivity contribution >= 4 is 23.4 Å². The molecule has 4 fully saturated rings. The van der Waals surface area contributed by atoms with Crippen molar-refractivity contribution in [2.24, 2.45) is 22.9 Å². The fourth-order valence-corrected chi connectivity index (χ4v) is 8.15. The topological polar surface area (TPSA) is 59.0 Å². The highest BCUT2D eigenvalue weighted by molar-refractivity contribution is 8.01. The number of carbonyl (C=O) groups is 1. The van der Waals surface area contributed by atoms with Gasteiger partial charge in [0.2, 0.25) is 0 Å². The van der Waals surface area contributed by atoms with E-state index in [1.54, 1.807) is 17.5 Å². The van der Waals surface area contributed by atoms with Gasteiger partial charge in [-0.1, -0.05) is 0 Å². The molecule has 1 atom stereocenters. The van der Waals surface area contributed by atoms with E-state index in [-0.39, 0.29) is 11.9 Å². The van der Waals surface area contributed by atoms with Crippen molar-refractivity contribution in [3.8, 4) is 0 Å². The lowest BCUT2D eigenvalue weighted by Crippen LogP contribution is -2.49. The summed E-state index contributed by atoms with van der Waals surface area (Å²) in [4.78, 5) is 13.3. The van der Waals surface area contributed by atoms with Gasteiger partial charge in [-0.05, 0) is 80.5 Å². The first-order valence-electron chi connectivity index (χ1n) is 10.8. The minimum absolute atomic E-state index is 0.0775. The van der Waals surface area contributed by atoms with Gasteiger partial charge in [-0.15, -0.1) is 11.8 Å². The lowest BCUT2D eigenvalue weighted by Gasteiger charge is -2.56. The van der Waals surface area contributed by atoms with Crippen molar-refractivity contribution in [1.29, 1.82) is 0 Å². The molecule has 2 aromatic rings. The third-order valence-electron chi connectivity index (χ3n) is 7.33. The fraction of sp³-hybridized carbons (Fsp3) is 0.565. The summed E-state index contributed by atoms with van der Waals surface area (Å²) in [5, 5.41) is 6.31. The number of amides is 1. The average molecular weight is 411 g/mol. The summed E-state index contributed by atoms with van der Waals surface area (Å²) in [7, 11) is 0. The lowest BCUT2D eigenvalue weighted by molar-refractivity contribution is -0.130. The van der Waals surface area contributed by atoms with Gasteiger partial charge in [-0.3, -0.25) is 4.79 Å². The van der Waals surface area contributed by atoms with Crippen LogP contribution < -0.4 is 0 Å². The van der Waals surface area contributed by atoms with Gasteiger partial charge in [0.1, 0.15) is 23.3 Å². The van der Waals surface area contributed by atoms with Crippen molar-refractivity contribution in [2.75, 3.05) is 5.75 Å². The van der Waals surface area contributed by atoms with Crippen molar-refractivity contribution in [3.63, 3.8) is 0 Å². The Balaban J connectivity index is 1.20. The van der Waals surface area contributed by atoms with Crippen LogP contribution in [-0.4, -0.2) is 27.1 Å². The monoisotopic (exact) mass is 410 g/mol. The van der Waals surface area contributed by atoms with Crippen molar-refractivity contribution in [1.82, 2.24) is 5.01 Å². The molecule has 152 valence electrons. The third kappa shape index (κ3) is 3.16. The SMILES string of the molecule is O=C(CSC12CC3CC(CC(C3)C1)C2)N1N=C(c2ccco2)C[C@H]1c1ccco1. The minimum atomic E-state index is -0.186. The van der Waals surface area contributed by atoms with Gasteiger partial charge in [0.15, 0.2) is 0 Å². The largest absolute Gasteiger partial charge is 0.467 e. The van der Waals surface area contributed by atoms with Gasteiger partial charge in [-0.2, -0.15) is 5.10 Å². The number of rotatable bonds is 5. The lowest BCUT2D eigenvalue weighted by atomic mass is 9.56. The second-order valence-electron chi connectivity index (χ2n) is 9.39. The molecule has 5 aliphatic rings. The summed E-state index contributed by atoms with van der Waals surface area (Å²) in [5.41, 5.74) is 0.810. The molecule has 0 aromatic carbocycles. The molecule has 4 aliphatic carbocycles. The molecule has 2 aromatic heterocycles. The third-order valence-corrected chi connectivity index (χ3v) is 8.83. The van der Waals surface area contributed by atoms with E-state index in [0.717, 1.165) is 35.0 Å². The van der Waals surface area contributed by atoms with Gasteiger partial charge < -0.3 is 8.83 Å². The molecular weight excluding hydrogens is 384 g/mol. The van der Waals surface area contributed by atoms with E-state index in [4.69, 9.17) is 8.83 Å². The molecule has 4 saturated carbocycles. The van der Waals surface area contributed by atoms with Crippen LogP contribution in [0.4, 0.5) is 0 Å². The summed E-state index contributed by atoms with van der Waals surface area (Å²) in [6.07, 6.45) is 12.1. The first-order chi connectivity index (χ1) is 14.2. The van der Waals surface area contributed by atoms with Crippen molar-refractivity contribution in [2.45, 2.75) is 55.7 Å². The van der Waals surface area contributed by atoms with E-state index in [1.807, 2.05) is 36.0 Å². The Morgan fingerprint density at radius 2 is 1.76 bits per heavy atom. The molecule has 5 nitrogen and oxygen atoms in total. The van der Waals surface area contributed by atoms with Crippen molar-refractivity contribution in [3.05, 3.63) is 48.3 Å². The number of hydrogen-bond acceptors (Lipinski definition) is 5. The van der Waals surface area contributed by atoms with Crippen LogP contribution in [0.2, 0.25) is 0 Å². The molecule has 4 bridgehead atoms. The average Bonchev–Trinajstić information content (AvgIpc) is 3.46. The summed E-state index contributed by atoms with van der Waals surface area (Å²) < 4.78 is 11.5. The van der Waals surface area contributed by atoms with Crippen LogP contribution in [0.3, 0.4) is 0 Å². The Kier molecular flexibility index (Phi) is 4.19. The minimum Gasteiger partial charge on any atom is -0.467 e. The highest BCUT2D eigenvalue weighted by atomic mass is 32.2. The zero-order valence-corrected chi connectivity index (χ0v) is 17.3. The van der Waals surface area contributed by atoms with E-state index in [9.17, 15) is 4.79 Å². The number of furan rings is 2. The van der Waals surface area contributed by atoms with Gasteiger partial charge in [0.05, 0.1) is 18.3 Å². The summed E-state index contributed by atoms with van der Waals surface area (Å²) in [6, 6.07) is 7.36. The molecule has 29 heavy (non-hydrogen) atoms. The van der Waals surface area contributed by atoms with E-state index < -0.39 is 0 Å². The molecule has 0 saturated heterocycles. The maximum Gasteiger partial charge on any atom is 0.253 e. The predicted molar refractivity (Wildman–Crippen MR) is 112 cm³/mol. The van der Waals surface area contributed by atoms with Crippen LogP contribution in [0.5, 0.6) is 0 Å². The molecule has 6 heteroatoms. The smallest absolute Gasteiger partial charge is 0.253 e. The highest BCUT2D eigenvalue weighted by Crippen LogP contribution is 2.60. The van der Waals surface area contributed by atoms with Crippen LogP contribution in [0.1, 0.15) is 62.5 Å². The van der Waals surface area contributed by atoms with Crippen LogP contribution in [0.25, 0.3) is 0 Å². The normalized spacial score (nSPS) is 35.3. The van der Waals surface area contributed by atoms with Gasteiger partial charge in [0, 0.05) is 11.2 Å². The van der Waals surface area contributed by atoms with E-state index in [0.29, 0.717) is 16.9 Å². The molecule has 0 N–H and O–H groups in total. The molecule has 7 rings (SSSR count).